The lowest BCUT2D eigenvalue weighted by Gasteiger charge is -2.20. The minimum Gasteiger partial charge on any atom is -0.361 e. The molecule has 2 aromatic heterocycles. The Balaban J connectivity index is 1.63. The van der Waals surface area contributed by atoms with Gasteiger partial charge in [0.15, 0.2) is 0 Å². The van der Waals surface area contributed by atoms with Gasteiger partial charge in [0.05, 0.1) is 35.1 Å². The Morgan fingerprint density at radius 3 is 2.65 bits per heavy atom. The molecular formula is C21H25N5O4S. The van der Waals surface area contributed by atoms with Crippen molar-refractivity contribution in [2.75, 3.05) is 19.3 Å². The zero-order valence-electron chi connectivity index (χ0n) is 17.8. The molecule has 2 atom stereocenters. The molecule has 1 amide bonds. The highest BCUT2D eigenvalue weighted by Gasteiger charge is 2.35. The molecule has 9 nitrogen and oxygen atoms in total. The number of carbonyl (C=O) groups is 1. The summed E-state index contributed by atoms with van der Waals surface area (Å²) in [5.74, 6) is 1.56. The highest BCUT2D eigenvalue weighted by Crippen LogP contribution is 2.36. The molecule has 0 aliphatic carbocycles. The second-order valence-corrected chi connectivity index (χ2v) is 10.4. The summed E-state index contributed by atoms with van der Waals surface area (Å²) in [5, 5.41) is 7.07. The highest BCUT2D eigenvalue weighted by molar-refractivity contribution is 7.88. The van der Waals surface area contributed by atoms with E-state index in [0.29, 0.717) is 32.4 Å². The lowest BCUT2D eigenvalue weighted by Crippen LogP contribution is -2.29. The van der Waals surface area contributed by atoms with Gasteiger partial charge in [-0.15, -0.1) is 0 Å². The van der Waals surface area contributed by atoms with Crippen LogP contribution < -0.4 is 5.32 Å². The summed E-state index contributed by atoms with van der Waals surface area (Å²) in [6.45, 7) is 4.68. The Morgan fingerprint density at radius 2 is 2.03 bits per heavy atom. The molecule has 164 valence electrons. The maximum atomic E-state index is 12.1. The fourth-order valence-corrected chi connectivity index (χ4v) is 5.71. The molecule has 2 saturated heterocycles. The number of imidazole rings is 1. The lowest BCUT2D eigenvalue weighted by molar-refractivity contribution is -0.119. The van der Waals surface area contributed by atoms with Crippen molar-refractivity contribution in [2.24, 2.45) is 0 Å². The van der Waals surface area contributed by atoms with E-state index >= 15 is 0 Å². The van der Waals surface area contributed by atoms with E-state index in [1.54, 1.807) is 0 Å². The van der Waals surface area contributed by atoms with E-state index in [4.69, 9.17) is 9.51 Å². The number of aryl methyl sites for hydroxylation is 2. The number of amides is 1. The molecule has 0 radical (unpaired) electrons. The van der Waals surface area contributed by atoms with Crippen LogP contribution in [0.3, 0.4) is 0 Å². The minimum absolute atomic E-state index is 0.0178. The first-order valence-corrected chi connectivity index (χ1v) is 12.3. The van der Waals surface area contributed by atoms with E-state index in [1.165, 1.54) is 10.6 Å². The number of carbonyl (C=O) groups excluding carboxylic acids is 1. The van der Waals surface area contributed by atoms with Crippen molar-refractivity contribution in [3.05, 3.63) is 35.5 Å². The number of hydrogen-bond donors (Lipinski definition) is 1. The van der Waals surface area contributed by atoms with Gasteiger partial charge in [0.1, 0.15) is 11.6 Å². The van der Waals surface area contributed by atoms with E-state index in [2.05, 4.69) is 15.0 Å². The molecule has 2 unspecified atom stereocenters. The van der Waals surface area contributed by atoms with Crippen LogP contribution in [-0.4, -0.2) is 52.7 Å². The molecule has 5 rings (SSSR count). The summed E-state index contributed by atoms with van der Waals surface area (Å²) in [7, 11) is -3.25. The van der Waals surface area contributed by atoms with Crippen molar-refractivity contribution in [1.29, 1.82) is 0 Å². The van der Waals surface area contributed by atoms with Gasteiger partial charge in [-0.05, 0) is 44.4 Å². The normalized spacial score (nSPS) is 22.5. The Kier molecular flexibility index (Phi) is 4.67. The largest absolute Gasteiger partial charge is 0.361 e. The third-order valence-corrected chi connectivity index (χ3v) is 7.58. The van der Waals surface area contributed by atoms with Gasteiger partial charge in [0, 0.05) is 25.1 Å². The second kappa shape index (κ2) is 7.16. The third-order valence-electron chi connectivity index (χ3n) is 6.31. The predicted molar refractivity (Wildman–Crippen MR) is 115 cm³/mol. The Bertz CT molecular complexity index is 1270. The fraction of sp³-hybridized carbons (Fsp3) is 0.476. The van der Waals surface area contributed by atoms with Gasteiger partial charge in [-0.3, -0.25) is 4.79 Å². The summed E-state index contributed by atoms with van der Waals surface area (Å²) in [6.07, 6.45) is 3.10. The second-order valence-electron chi connectivity index (χ2n) is 8.46. The molecule has 0 saturated carbocycles. The Morgan fingerprint density at radius 1 is 1.23 bits per heavy atom. The maximum absolute atomic E-state index is 12.1. The average molecular weight is 444 g/mol. The van der Waals surface area contributed by atoms with E-state index in [1.807, 2.05) is 32.0 Å². The molecular weight excluding hydrogens is 418 g/mol. The van der Waals surface area contributed by atoms with E-state index in [0.717, 1.165) is 39.4 Å². The number of rotatable bonds is 4. The van der Waals surface area contributed by atoms with Gasteiger partial charge in [-0.1, -0.05) is 11.2 Å². The number of nitrogens with one attached hydrogen (secondary N) is 1. The van der Waals surface area contributed by atoms with Gasteiger partial charge < -0.3 is 14.4 Å². The van der Waals surface area contributed by atoms with Crippen LogP contribution in [0.4, 0.5) is 0 Å². The number of aromatic nitrogens is 3. The molecule has 1 aromatic carbocycles. The van der Waals surface area contributed by atoms with E-state index in [9.17, 15) is 13.2 Å². The van der Waals surface area contributed by atoms with Crippen LogP contribution in [0.1, 0.15) is 48.6 Å². The number of hydrogen-bond acceptors (Lipinski definition) is 6. The fourth-order valence-electron chi connectivity index (χ4n) is 4.83. The van der Waals surface area contributed by atoms with Gasteiger partial charge >= 0.3 is 0 Å². The van der Waals surface area contributed by atoms with Crippen LogP contribution in [0.2, 0.25) is 0 Å². The first-order chi connectivity index (χ1) is 14.7. The third kappa shape index (κ3) is 3.43. The first kappa shape index (κ1) is 20.2. The molecule has 1 N–H and O–H groups in total. The zero-order valence-corrected chi connectivity index (χ0v) is 18.6. The van der Waals surface area contributed by atoms with Gasteiger partial charge in [0.2, 0.25) is 15.9 Å². The van der Waals surface area contributed by atoms with Crippen molar-refractivity contribution in [3.8, 4) is 11.1 Å². The summed E-state index contributed by atoms with van der Waals surface area (Å²) in [4.78, 5) is 16.8. The summed E-state index contributed by atoms with van der Waals surface area (Å²) >= 11 is 0. The van der Waals surface area contributed by atoms with Crippen LogP contribution in [0.5, 0.6) is 0 Å². The summed E-state index contributed by atoms with van der Waals surface area (Å²) in [6, 6.07) is 5.86. The lowest BCUT2D eigenvalue weighted by atomic mass is 10.0. The standard InChI is InChI=1S/C21H25N5O4S/c1-12-20(13(2)30-24-12)14-4-6-18-17(10-14)23-21(16-5-7-19(27)22-16)26(18)15-8-9-25(11-15)31(3,28)29/h4,6,10,15-16H,5,7-9,11H2,1-3H3,(H,22,27). The van der Waals surface area contributed by atoms with Crippen LogP contribution >= 0.6 is 0 Å². The van der Waals surface area contributed by atoms with Crippen molar-refractivity contribution >= 4 is 27.0 Å². The SMILES string of the molecule is Cc1noc(C)c1-c1ccc2c(c1)nc(C1CCC(=O)N1)n2C1CCN(S(C)(=O)=O)C1. The molecule has 31 heavy (non-hydrogen) atoms. The molecule has 0 spiro atoms. The van der Waals surface area contributed by atoms with Crippen LogP contribution in [0, 0.1) is 13.8 Å². The van der Waals surface area contributed by atoms with Crippen molar-refractivity contribution < 1.29 is 17.7 Å². The molecule has 10 heteroatoms. The predicted octanol–water partition coefficient (Wildman–Crippen LogP) is 2.47. The first-order valence-electron chi connectivity index (χ1n) is 10.4. The zero-order chi connectivity index (χ0) is 21.9. The molecule has 2 fully saturated rings. The topological polar surface area (TPSA) is 110 Å². The summed E-state index contributed by atoms with van der Waals surface area (Å²) < 4.78 is 33.1. The van der Waals surface area contributed by atoms with Gasteiger partial charge in [0.25, 0.3) is 0 Å². The number of fused-ring (bicyclic) bond motifs is 1. The molecule has 2 aliphatic rings. The van der Waals surface area contributed by atoms with Crippen molar-refractivity contribution in [1.82, 2.24) is 24.3 Å². The van der Waals surface area contributed by atoms with Gasteiger partial charge in [-0.25, -0.2) is 17.7 Å². The van der Waals surface area contributed by atoms with Crippen molar-refractivity contribution in [3.63, 3.8) is 0 Å². The van der Waals surface area contributed by atoms with E-state index < -0.39 is 10.0 Å². The number of sulfonamides is 1. The Labute approximate surface area is 180 Å². The molecule has 3 aromatic rings. The van der Waals surface area contributed by atoms with Crippen LogP contribution in [0.15, 0.2) is 22.7 Å². The minimum atomic E-state index is -3.25. The van der Waals surface area contributed by atoms with Crippen molar-refractivity contribution in [2.45, 2.75) is 45.2 Å². The molecule has 4 heterocycles. The maximum Gasteiger partial charge on any atom is 0.220 e. The quantitative estimate of drug-likeness (QED) is 0.663. The van der Waals surface area contributed by atoms with E-state index in [-0.39, 0.29) is 18.0 Å². The average Bonchev–Trinajstić information content (AvgIpc) is 3.46. The number of benzene rings is 1. The summed E-state index contributed by atoms with van der Waals surface area (Å²) in [5.41, 5.74) is 4.49. The molecule has 0 bridgehead atoms. The number of nitrogens with zero attached hydrogens (tertiary/aromatic N) is 4. The monoisotopic (exact) mass is 443 g/mol. The van der Waals surface area contributed by atoms with Gasteiger partial charge in [-0.2, -0.15) is 0 Å². The van der Waals surface area contributed by atoms with Crippen LogP contribution in [0.25, 0.3) is 22.2 Å². The smallest absolute Gasteiger partial charge is 0.220 e. The molecule has 2 aliphatic heterocycles. The highest BCUT2D eigenvalue weighted by atomic mass is 32.2. The Hall–Kier alpha value is -2.72. The van der Waals surface area contributed by atoms with Crippen LogP contribution in [-0.2, 0) is 14.8 Å².